The van der Waals surface area contributed by atoms with Crippen molar-refractivity contribution in [2.75, 3.05) is 32.8 Å². The number of aliphatic hydroxyl groups is 1. The third-order valence-electron chi connectivity index (χ3n) is 11.6. The van der Waals surface area contributed by atoms with E-state index in [2.05, 4.69) is 25.7 Å². The first-order valence-electron chi connectivity index (χ1n) is 13.9. The van der Waals surface area contributed by atoms with E-state index in [4.69, 9.17) is 4.74 Å². The molecule has 31 heavy (non-hydrogen) atoms. The van der Waals surface area contributed by atoms with Gasteiger partial charge in [-0.1, -0.05) is 20.8 Å². The van der Waals surface area contributed by atoms with E-state index in [0.29, 0.717) is 10.8 Å². The Morgan fingerprint density at radius 2 is 1.68 bits per heavy atom. The zero-order chi connectivity index (χ0) is 21.6. The smallest absolute Gasteiger partial charge is 0.0594 e. The zero-order valence-corrected chi connectivity index (χ0v) is 20.7. The second-order valence-electron chi connectivity index (χ2n) is 12.9. The van der Waals surface area contributed by atoms with Crippen LogP contribution < -0.4 is 0 Å². The van der Waals surface area contributed by atoms with Crippen molar-refractivity contribution in [2.24, 2.45) is 46.3 Å². The molecule has 4 saturated carbocycles. The highest BCUT2D eigenvalue weighted by Crippen LogP contribution is 2.68. The molecule has 9 atom stereocenters. The van der Waals surface area contributed by atoms with E-state index in [0.717, 1.165) is 74.7 Å². The van der Waals surface area contributed by atoms with E-state index in [9.17, 15) is 5.11 Å². The topological polar surface area (TPSA) is 32.7 Å². The lowest BCUT2D eigenvalue weighted by atomic mass is 9.44. The van der Waals surface area contributed by atoms with Crippen molar-refractivity contribution in [3.63, 3.8) is 0 Å². The highest BCUT2D eigenvalue weighted by atomic mass is 16.5. The summed E-state index contributed by atoms with van der Waals surface area (Å²) in [6.07, 6.45) is 15.0. The van der Waals surface area contributed by atoms with Gasteiger partial charge in [0.2, 0.25) is 0 Å². The first kappa shape index (κ1) is 22.7. The molecular formula is C28H49NO2. The average molecular weight is 432 g/mol. The Morgan fingerprint density at radius 3 is 2.48 bits per heavy atom. The lowest BCUT2D eigenvalue weighted by Crippen LogP contribution is -2.54. The van der Waals surface area contributed by atoms with E-state index in [1.54, 1.807) is 0 Å². The van der Waals surface area contributed by atoms with Gasteiger partial charge in [0.15, 0.2) is 0 Å². The molecule has 0 unspecified atom stereocenters. The Balaban J connectivity index is 1.21. The van der Waals surface area contributed by atoms with Gasteiger partial charge in [0.05, 0.1) is 19.3 Å². The summed E-state index contributed by atoms with van der Waals surface area (Å²) in [5.74, 6) is 5.50. The van der Waals surface area contributed by atoms with Gasteiger partial charge in [0.1, 0.15) is 0 Å². The Kier molecular flexibility index (Phi) is 6.52. The van der Waals surface area contributed by atoms with Crippen LogP contribution in [0.5, 0.6) is 0 Å². The summed E-state index contributed by atoms with van der Waals surface area (Å²) >= 11 is 0. The van der Waals surface area contributed by atoms with Crippen LogP contribution in [0.15, 0.2) is 0 Å². The number of morpholine rings is 1. The molecule has 1 aliphatic heterocycles. The minimum Gasteiger partial charge on any atom is -0.393 e. The molecule has 4 aliphatic carbocycles. The van der Waals surface area contributed by atoms with Crippen molar-refractivity contribution in [1.82, 2.24) is 4.90 Å². The first-order valence-corrected chi connectivity index (χ1v) is 13.9. The third-order valence-corrected chi connectivity index (χ3v) is 11.6. The van der Waals surface area contributed by atoms with Crippen LogP contribution >= 0.6 is 0 Å². The molecule has 0 aromatic rings. The maximum atomic E-state index is 10.3. The van der Waals surface area contributed by atoms with Gasteiger partial charge in [0, 0.05) is 13.1 Å². The Labute approximate surface area is 191 Å². The van der Waals surface area contributed by atoms with Crippen LogP contribution in [0.25, 0.3) is 0 Å². The van der Waals surface area contributed by atoms with Crippen LogP contribution in [-0.2, 0) is 4.74 Å². The molecule has 0 amide bonds. The van der Waals surface area contributed by atoms with E-state index in [1.165, 1.54) is 64.3 Å². The van der Waals surface area contributed by atoms with Gasteiger partial charge in [0.25, 0.3) is 0 Å². The molecule has 3 heteroatoms. The van der Waals surface area contributed by atoms with Gasteiger partial charge in [-0.25, -0.2) is 0 Å². The SMILES string of the molecule is C[C@H](CCCN1CCOCC1)[C@H]1CC[C@H]2[C@@H]3CC[C@@H]4C[C@H](O)CC[C@]4(C)[C@H]3CC[C@]12C. The van der Waals surface area contributed by atoms with Gasteiger partial charge in [-0.2, -0.15) is 0 Å². The van der Waals surface area contributed by atoms with E-state index < -0.39 is 0 Å². The van der Waals surface area contributed by atoms with Crippen LogP contribution in [0.2, 0.25) is 0 Å². The summed E-state index contributed by atoms with van der Waals surface area (Å²) in [7, 11) is 0. The second kappa shape index (κ2) is 8.91. The highest BCUT2D eigenvalue weighted by molar-refractivity contribution is 5.09. The van der Waals surface area contributed by atoms with Crippen molar-refractivity contribution in [3.8, 4) is 0 Å². The standard InChI is InChI=1S/C28H49NO2/c1-20(5-4-14-29-15-17-31-18-16-29)24-8-9-25-23-7-6-21-19-22(30)10-12-27(21,2)26(23)11-13-28(24,25)3/h20-26,30H,4-19H2,1-3H3/t20-,21-,22-,23+,24-,25+,26+,27+,28-/m1/s1. The molecule has 0 radical (unpaired) electrons. The molecule has 5 fully saturated rings. The molecule has 3 nitrogen and oxygen atoms in total. The van der Waals surface area contributed by atoms with E-state index >= 15 is 0 Å². The summed E-state index contributed by atoms with van der Waals surface area (Å²) in [4.78, 5) is 2.61. The number of hydrogen-bond donors (Lipinski definition) is 1. The summed E-state index contributed by atoms with van der Waals surface area (Å²) in [5, 5.41) is 10.3. The number of aliphatic hydroxyl groups excluding tert-OH is 1. The Hall–Kier alpha value is -0.120. The fourth-order valence-electron chi connectivity index (χ4n) is 9.87. The molecule has 178 valence electrons. The quantitative estimate of drug-likeness (QED) is 0.601. The molecule has 1 saturated heterocycles. The highest BCUT2D eigenvalue weighted by Gasteiger charge is 2.60. The maximum Gasteiger partial charge on any atom is 0.0594 e. The predicted molar refractivity (Wildman–Crippen MR) is 127 cm³/mol. The van der Waals surface area contributed by atoms with Gasteiger partial charge >= 0.3 is 0 Å². The normalized spacial score (nSPS) is 49.2. The first-order chi connectivity index (χ1) is 14.9. The van der Waals surface area contributed by atoms with Gasteiger partial charge in [-0.15, -0.1) is 0 Å². The van der Waals surface area contributed by atoms with Crippen LogP contribution in [0.1, 0.15) is 91.4 Å². The largest absolute Gasteiger partial charge is 0.393 e. The number of fused-ring (bicyclic) bond motifs is 5. The third kappa shape index (κ3) is 4.03. The lowest BCUT2D eigenvalue weighted by molar-refractivity contribution is -0.129. The lowest BCUT2D eigenvalue weighted by Gasteiger charge is -2.61. The summed E-state index contributed by atoms with van der Waals surface area (Å²) in [6, 6.07) is 0. The van der Waals surface area contributed by atoms with Gasteiger partial charge in [-0.05, 0) is 124 Å². The van der Waals surface area contributed by atoms with Crippen LogP contribution in [-0.4, -0.2) is 49.0 Å². The number of rotatable bonds is 5. The molecule has 0 aromatic heterocycles. The van der Waals surface area contributed by atoms with Crippen LogP contribution in [0.4, 0.5) is 0 Å². The Bertz CT molecular complexity index is 618. The number of ether oxygens (including phenoxy) is 1. The van der Waals surface area contributed by atoms with Crippen LogP contribution in [0.3, 0.4) is 0 Å². The summed E-state index contributed by atoms with van der Waals surface area (Å²) in [6.45, 7) is 13.3. The van der Waals surface area contributed by atoms with Gasteiger partial charge < -0.3 is 9.84 Å². The Morgan fingerprint density at radius 1 is 0.935 bits per heavy atom. The minimum absolute atomic E-state index is 0.0161. The summed E-state index contributed by atoms with van der Waals surface area (Å²) in [5.41, 5.74) is 1.11. The minimum atomic E-state index is -0.0161. The predicted octanol–water partition coefficient (Wildman–Crippen LogP) is 5.75. The second-order valence-corrected chi connectivity index (χ2v) is 12.9. The molecule has 1 heterocycles. The van der Waals surface area contributed by atoms with Gasteiger partial charge in [-0.3, -0.25) is 4.90 Å². The maximum absolute atomic E-state index is 10.3. The fraction of sp³-hybridized carbons (Fsp3) is 1.00. The van der Waals surface area contributed by atoms with Crippen molar-refractivity contribution in [1.29, 1.82) is 0 Å². The van der Waals surface area contributed by atoms with Crippen molar-refractivity contribution in [3.05, 3.63) is 0 Å². The molecule has 0 aromatic carbocycles. The monoisotopic (exact) mass is 431 g/mol. The zero-order valence-electron chi connectivity index (χ0n) is 20.7. The van der Waals surface area contributed by atoms with Crippen LogP contribution in [0, 0.1) is 46.3 Å². The fourth-order valence-corrected chi connectivity index (χ4v) is 9.87. The van der Waals surface area contributed by atoms with Crippen molar-refractivity contribution in [2.45, 2.75) is 97.5 Å². The van der Waals surface area contributed by atoms with Crippen molar-refractivity contribution >= 4 is 0 Å². The molecule has 0 bridgehead atoms. The molecule has 5 aliphatic rings. The molecule has 0 spiro atoms. The summed E-state index contributed by atoms with van der Waals surface area (Å²) < 4.78 is 5.52. The molecule has 1 N–H and O–H groups in total. The van der Waals surface area contributed by atoms with Crippen molar-refractivity contribution < 1.29 is 9.84 Å². The average Bonchev–Trinajstić information content (AvgIpc) is 3.12. The van der Waals surface area contributed by atoms with E-state index in [-0.39, 0.29) is 6.10 Å². The molecule has 5 rings (SSSR count). The number of hydrogen-bond acceptors (Lipinski definition) is 3. The van der Waals surface area contributed by atoms with E-state index in [1.807, 2.05) is 0 Å². The molecular weight excluding hydrogens is 382 g/mol. The number of nitrogens with zero attached hydrogens (tertiary/aromatic N) is 1.